The summed E-state index contributed by atoms with van der Waals surface area (Å²) in [4.78, 5) is 7.03. The second-order valence-corrected chi connectivity index (χ2v) is 8.03. The van der Waals surface area contributed by atoms with Crippen LogP contribution in [0.2, 0.25) is 0 Å². The maximum Gasteiger partial charge on any atom is 0.0897 e. The van der Waals surface area contributed by atoms with Crippen molar-refractivity contribution in [3.63, 3.8) is 0 Å². The molecule has 0 bridgehead atoms. The van der Waals surface area contributed by atoms with E-state index in [-0.39, 0.29) is 5.54 Å². The van der Waals surface area contributed by atoms with Crippen LogP contribution in [0.5, 0.6) is 0 Å². The molecule has 1 aromatic heterocycles. The Morgan fingerprint density at radius 1 is 1.53 bits per heavy atom. The lowest BCUT2D eigenvalue weighted by Crippen LogP contribution is -2.54. The van der Waals surface area contributed by atoms with E-state index in [2.05, 4.69) is 50.0 Å². The van der Waals surface area contributed by atoms with Crippen LogP contribution in [0.25, 0.3) is 0 Å². The molecule has 2 rings (SSSR count). The molecule has 2 atom stereocenters. The number of nitrogens with two attached hydrogens (primary N) is 1. The number of likely N-dealkylation sites (N-methyl/N-ethyl adjacent to an activating group) is 1. The molecule has 1 fully saturated rings. The molecular weight excluding hydrogens is 254 g/mol. The summed E-state index contributed by atoms with van der Waals surface area (Å²) >= 11 is 1.73. The predicted octanol–water partition coefficient (Wildman–Crippen LogP) is 3.04. The molecule has 1 aromatic rings. The molecule has 2 N–H and O–H groups in total. The van der Waals surface area contributed by atoms with Crippen molar-refractivity contribution < 1.29 is 0 Å². The zero-order valence-corrected chi connectivity index (χ0v) is 13.7. The molecule has 1 aliphatic carbocycles. The van der Waals surface area contributed by atoms with E-state index in [0.717, 1.165) is 18.1 Å². The van der Waals surface area contributed by atoms with Gasteiger partial charge >= 0.3 is 0 Å². The van der Waals surface area contributed by atoms with Gasteiger partial charge in [-0.15, -0.1) is 11.3 Å². The first kappa shape index (κ1) is 14.9. The van der Waals surface area contributed by atoms with Crippen LogP contribution in [0.3, 0.4) is 0 Å². The zero-order valence-electron chi connectivity index (χ0n) is 12.9. The van der Waals surface area contributed by atoms with Gasteiger partial charge in [0.2, 0.25) is 0 Å². The van der Waals surface area contributed by atoms with Crippen LogP contribution in [0.15, 0.2) is 5.38 Å². The van der Waals surface area contributed by atoms with Crippen molar-refractivity contribution in [2.24, 2.45) is 17.1 Å². The molecule has 0 aliphatic heterocycles. The molecule has 2 unspecified atom stereocenters. The van der Waals surface area contributed by atoms with Crippen LogP contribution in [0, 0.1) is 18.3 Å². The van der Waals surface area contributed by atoms with Gasteiger partial charge in [-0.2, -0.15) is 0 Å². The Balaban J connectivity index is 2.17. The average molecular weight is 281 g/mol. The molecule has 1 aliphatic rings. The quantitative estimate of drug-likeness (QED) is 0.922. The van der Waals surface area contributed by atoms with Crippen molar-refractivity contribution in [2.45, 2.75) is 52.6 Å². The lowest BCUT2D eigenvalue weighted by atomic mass is 9.85. The van der Waals surface area contributed by atoms with Gasteiger partial charge < -0.3 is 5.73 Å². The fourth-order valence-corrected chi connectivity index (χ4v) is 4.52. The van der Waals surface area contributed by atoms with Gasteiger partial charge in [0.05, 0.1) is 10.7 Å². The highest BCUT2D eigenvalue weighted by Crippen LogP contribution is 2.49. The second-order valence-electron chi connectivity index (χ2n) is 6.97. The lowest BCUT2D eigenvalue weighted by Gasteiger charge is -2.42. The van der Waals surface area contributed by atoms with E-state index in [1.165, 1.54) is 18.5 Å². The third-order valence-electron chi connectivity index (χ3n) is 4.74. The van der Waals surface area contributed by atoms with Gasteiger partial charge in [0, 0.05) is 24.0 Å². The van der Waals surface area contributed by atoms with Crippen molar-refractivity contribution in [1.29, 1.82) is 0 Å². The van der Waals surface area contributed by atoms with E-state index in [0.29, 0.717) is 11.3 Å². The van der Waals surface area contributed by atoms with E-state index >= 15 is 0 Å². The number of hydrogen-bond donors (Lipinski definition) is 1. The van der Waals surface area contributed by atoms with Crippen molar-refractivity contribution in [1.82, 2.24) is 9.88 Å². The van der Waals surface area contributed by atoms with Gasteiger partial charge in [-0.05, 0) is 38.1 Å². The van der Waals surface area contributed by atoms with Crippen molar-refractivity contribution >= 4 is 11.3 Å². The van der Waals surface area contributed by atoms with Gasteiger partial charge in [-0.3, -0.25) is 4.90 Å². The largest absolute Gasteiger partial charge is 0.329 e. The molecule has 0 aromatic carbocycles. The Bertz CT molecular complexity index is 440. The normalized spacial score (nSPS) is 30.2. The van der Waals surface area contributed by atoms with Crippen LogP contribution in [-0.4, -0.2) is 29.0 Å². The molecule has 4 heteroatoms. The number of hydrogen-bond acceptors (Lipinski definition) is 4. The molecule has 0 radical (unpaired) electrons. The third-order valence-corrected chi connectivity index (χ3v) is 5.56. The van der Waals surface area contributed by atoms with Crippen LogP contribution in [-0.2, 0) is 6.54 Å². The smallest absolute Gasteiger partial charge is 0.0897 e. The van der Waals surface area contributed by atoms with Gasteiger partial charge in [0.1, 0.15) is 0 Å². The number of aryl methyl sites for hydroxylation is 1. The Hall–Kier alpha value is -0.450. The third kappa shape index (κ3) is 2.86. The number of thiazole rings is 1. The van der Waals surface area contributed by atoms with E-state index in [1.54, 1.807) is 11.3 Å². The minimum absolute atomic E-state index is 0.126. The minimum Gasteiger partial charge on any atom is -0.329 e. The summed E-state index contributed by atoms with van der Waals surface area (Å²) in [5.74, 6) is 0.636. The molecule has 19 heavy (non-hydrogen) atoms. The fourth-order valence-electron chi connectivity index (χ4n) is 3.92. The minimum atomic E-state index is 0.126. The molecule has 0 spiro atoms. The summed E-state index contributed by atoms with van der Waals surface area (Å²) in [5.41, 5.74) is 7.88. The highest BCUT2D eigenvalue weighted by atomic mass is 32.1. The summed E-state index contributed by atoms with van der Waals surface area (Å²) in [6.07, 6.45) is 2.43. The fraction of sp³-hybridized carbons (Fsp3) is 0.800. The summed E-state index contributed by atoms with van der Waals surface area (Å²) in [6.45, 7) is 10.8. The van der Waals surface area contributed by atoms with Crippen molar-refractivity contribution in [2.75, 3.05) is 13.6 Å². The number of nitrogens with zero attached hydrogens (tertiary/aromatic N) is 2. The monoisotopic (exact) mass is 281 g/mol. The van der Waals surface area contributed by atoms with Crippen LogP contribution < -0.4 is 5.73 Å². The van der Waals surface area contributed by atoms with Crippen LogP contribution in [0.1, 0.15) is 44.3 Å². The van der Waals surface area contributed by atoms with Gasteiger partial charge in [0.25, 0.3) is 0 Å². The van der Waals surface area contributed by atoms with E-state index in [4.69, 9.17) is 5.73 Å². The molecule has 0 saturated heterocycles. The maximum atomic E-state index is 6.18. The van der Waals surface area contributed by atoms with E-state index < -0.39 is 0 Å². The number of rotatable bonds is 4. The summed E-state index contributed by atoms with van der Waals surface area (Å²) in [6, 6.07) is 0. The summed E-state index contributed by atoms with van der Waals surface area (Å²) in [7, 11) is 2.21. The Morgan fingerprint density at radius 2 is 2.21 bits per heavy atom. The van der Waals surface area contributed by atoms with Gasteiger partial charge in [0.15, 0.2) is 0 Å². The topological polar surface area (TPSA) is 42.2 Å². The lowest BCUT2D eigenvalue weighted by molar-refractivity contribution is 0.0775. The first-order valence-corrected chi connectivity index (χ1v) is 7.99. The standard InChI is InChI=1S/C15H27N3S/c1-11-6-14(3,4)9-15(11,10-16)18(5)7-13-8-19-12(2)17-13/h8,11H,6-7,9-10,16H2,1-5H3. The SMILES string of the molecule is Cc1nc(CN(C)C2(CN)CC(C)(C)CC2C)cs1. The highest BCUT2D eigenvalue weighted by Gasteiger charge is 2.50. The molecular formula is C15H27N3S. The molecule has 1 saturated carbocycles. The highest BCUT2D eigenvalue weighted by molar-refractivity contribution is 7.09. The summed E-state index contributed by atoms with van der Waals surface area (Å²) in [5, 5.41) is 3.31. The molecule has 108 valence electrons. The Kier molecular flexibility index (Phi) is 4.05. The molecule has 0 amide bonds. The average Bonchev–Trinajstić information content (AvgIpc) is 2.80. The maximum absolute atomic E-state index is 6.18. The van der Waals surface area contributed by atoms with Crippen LogP contribution >= 0.6 is 11.3 Å². The Labute approximate surface area is 121 Å². The molecule has 3 nitrogen and oxygen atoms in total. The van der Waals surface area contributed by atoms with Crippen LogP contribution in [0.4, 0.5) is 0 Å². The first-order chi connectivity index (χ1) is 8.79. The van der Waals surface area contributed by atoms with E-state index in [9.17, 15) is 0 Å². The second kappa shape index (κ2) is 5.15. The van der Waals surface area contributed by atoms with Gasteiger partial charge in [-0.1, -0.05) is 20.8 Å². The molecule has 1 heterocycles. The van der Waals surface area contributed by atoms with Crippen molar-refractivity contribution in [3.05, 3.63) is 16.1 Å². The van der Waals surface area contributed by atoms with Crippen molar-refractivity contribution in [3.8, 4) is 0 Å². The Morgan fingerprint density at radius 3 is 2.63 bits per heavy atom. The number of aromatic nitrogens is 1. The predicted molar refractivity (Wildman–Crippen MR) is 82.3 cm³/mol. The van der Waals surface area contributed by atoms with E-state index in [1.807, 2.05) is 0 Å². The summed E-state index contributed by atoms with van der Waals surface area (Å²) < 4.78 is 0. The first-order valence-electron chi connectivity index (χ1n) is 7.11. The van der Waals surface area contributed by atoms with Gasteiger partial charge in [-0.25, -0.2) is 4.98 Å². The zero-order chi connectivity index (χ0) is 14.3.